The number of oxazole rings is 1. The number of rotatable bonds is 4. The lowest BCUT2D eigenvalue weighted by atomic mass is 10.1. The molecule has 0 aliphatic carbocycles. The van der Waals surface area contributed by atoms with Crippen LogP contribution in [0.25, 0.3) is 5.69 Å². The van der Waals surface area contributed by atoms with E-state index in [-0.39, 0.29) is 0 Å². The number of hydrogen-bond acceptors (Lipinski definition) is 6. The Kier molecular flexibility index (Phi) is 3.98. The number of tetrazole rings is 1. The molecule has 114 valence electrons. The van der Waals surface area contributed by atoms with Gasteiger partial charge in [-0.15, -0.1) is 5.10 Å². The molecule has 0 N–H and O–H groups in total. The van der Waals surface area contributed by atoms with Gasteiger partial charge in [-0.25, -0.2) is 4.98 Å². The fourth-order valence-corrected chi connectivity index (χ4v) is 2.84. The van der Waals surface area contributed by atoms with Gasteiger partial charge in [0.1, 0.15) is 5.76 Å². The third-order valence-corrected chi connectivity index (χ3v) is 4.55. The molecule has 0 atom stereocenters. The van der Waals surface area contributed by atoms with E-state index in [0.29, 0.717) is 11.6 Å². The molecule has 0 aliphatic rings. The van der Waals surface area contributed by atoms with Crippen LogP contribution in [0.3, 0.4) is 0 Å². The third kappa shape index (κ3) is 2.76. The monoisotopic (exact) mass is 315 g/mol. The lowest BCUT2D eigenvalue weighted by Crippen LogP contribution is -2.02. The Morgan fingerprint density at radius 1 is 1.18 bits per heavy atom. The van der Waals surface area contributed by atoms with E-state index in [1.54, 1.807) is 4.68 Å². The van der Waals surface area contributed by atoms with Gasteiger partial charge in [0.25, 0.3) is 0 Å². The minimum Gasteiger partial charge on any atom is -0.445 e. The standard InChI is InChI=1S/C15H17N5OS/c1-9-6-5-7-13(10(9)2)20-15(17-18-19-20)22-8-14-16-11(3)12(4)21-14/h5-7H,8H2,1-4H3. The van der Waals surface area contributed by atoms with Crippen LogP contribution in [-0.4, -0.2) is 25.2 Å². The number of benzene rings is 1. The number of nitrogens with zero attached hydrogens (tertiary/aromatic N) is 5. The van der Waals surface area contributed by atoms with Crippen LogP contribution in [0.4, 0.5) is 0 Å². The Bertz CT molecular complexity index is 789. The van der Waals surface area contributed by atoms with Gasteiger partial charge in [0.15, 0.2) is 0 Å². The highest BCUT2D eigenvalue weighted by atomic mass is 32.2. The number of hydrogen-bond donors (Lipinski definition) is 0. The highest BCUT2D eigenvalue weighted by Crippen LogP contribution is 2.25. The highest BCUT2D eigenvalue weighted by Gasteiger charge is 2.14. The van der Waals surface area contributed by atoms with Crippen molar-refractivity contribution in [3.05, 3.63) is 46.7 Å². The van der Waals surface area contributed by atoms with Crippen LogP contribution in [0.1, 0.15) is 28.5 Å². The van der Waals surface area contributed by atoms with E-state index in [1.165, 1.54) is 22.9 Å². The third-order valence-electron chi connectivity index (χ3n) is 3.64. The molecule has 1 aromatic carbocycles. The fraction of sp³-hybridized carbons (Fsp3) is 0.333. The summed E-state index contributed by atoms with van der Waals surface area (Å²) in [6, 6.07) is 6.10. The summed E-state index contributed by atoms with van der Waals surface area (Å²) >= 11 is 1.51. The van der Waals surface area contributed by atoms with E-state index in [1.807, 2.05) is 26.0 Å². The second-order valence-electron chi connectivity index (χ2n) is 5.13. The first-order valence-electron chi connectivity index (χ1n) is 6.97. The molecule has 6 nitrogen and oxygen atoms in total. The molecule has 2 heterocycles. The van der Waals surface area contributed by atoms with Crippen molar-refractivity contribution in [1.82, 2.24) is 25.2 Å². The quantitative estimate of drug-likeness (QED) is 0.689. The molecule has 7 heteroatoms. The van der Waals surface area contributed by atoms with Gasteiger partial charge in [-0.2, -0.15) is 4.68 Å². The Balaban J connectivity index is 1.84. The molecule has 0 spiro atoms. The minimum absolute atomic E-state index is 0.597. The zero-order valence-electron chi connectivity index (χ0n) is 13.0. The number of aromatic nitrogens is 5. The summed E-state index contributed by atoms with van der Waals surface area (Å²) in [5.74, 6) is 2.14. The van der Waals surface area contributed by atoms with Crippen molar-refractivity contribution < 1.29 is 4.42 Å². The van der Waals surface area contributed by atoms with Crippen LogP contribution < -0.4 is 0 Å². The summed E-state index contributed by atoms with van der Waals surface area (Å²) < 4.78 is 7.35. The Morgan fingerprint density at radius 2 is 2.00 bits per heavy atom. The maximum Gasteiger partial charge on any atom is 0.214 e. The summed E-state index contributed by atoms with van der Waals surface area (Å²) in [5.41, 5.74) is 4.29. The molecule has 0 radical (unpaired) electrons. The fourth-order valence-electron chi connectivity index (χ4n) is 2.11. The Labute approximate surface area is 132 Å². The SMILES string of the molecule is Cc1cccc(-n2nnnc2SCc2nc(C)c(C)o2)c1C. The van der Waals surface area contributed by atoms with E-state index in [0.717, 1.165) is 22.3 Å². The van der Waals surface area contributed by atoms with Crippen molar-refractivity contribution in [3.63, 3.8) is 0 Å². The van der Waals surface area contributed by atoms with E-state index < -0.39 is 0 Å². The van der Waals surface area contributed by atoms with Crippen molar-refractivity contribution in [2.75, 3.05) is 0 Å². The summed E-state index contributed by atoms with van der Waals surface area (Å²) in [4.78, 5) is 4.38. The smallest absolute Gasteiger partial charge is 0.214 e. The topological polar surface area (TPSA) is 69.6 Å². The van der Waals surface area contributed by atoms with Crippen LogP contribution in [-0.2, 0) is 5.75 Å². The Morgan fingerprint density at radius 3 is 2.73 bits per heavy atom. The molecule has 0 unspecified atom stereocenters. The predicted molar refractivity (Wildman–Crippen MR) is 84.2 cm³/mol. The first-order valence-corrected chi connectivity index (χ1v) is 7.95. The largest absolute Gasteiger partial charge is 0.445 e. The van der Waals surface area contributed by atoms with Gasteiger partial charge in [0, 0.05) is 0 Å². The van der Waals surface area contributed by atoms with Gasteiger partial charge >= 0.3 is 0 Å². The Hall–Kier alpha value is -2.15. The molecular weight excluding hydrogens is 298 g/mol. The van der Waals surface area contributed by atoms with Crippen molar-refractivity contribution >= 4 is 11.8 Å². The molecule has 3 rings (SSSR count). The van der Waals surface area contributed by atoms with E-state index in [4.69, 9.17) is 4.42 Å². The van der Waals surface area contributed by atoms with Gasteiger partial charge in [-0.3, -0.25) is 0 Å². The van der Waals surface area contributed by atoms with E-state index >= 15 is 0 Å². The summed E-state index contributed by atoms with van der Waals surface area (Å²) in [5, 5.41) is 12.7. The van der Waals surface area contributed by atoms with Gasteiger partial charge in [-0.05, 0) is 55.3 Å². The minimum atomic E-state index is 0.597. The molecule has 22 heavy (non-hydrogen) atoms. The number of thioether (sulfide) groups is 1. The molecule has 2 aromatic heterocycles. The molecule has 0 fully saturated rings. The van der Waals surface area contributed by atoms with Crippen molar-refractivity contribution in [3.8, 4) is 5.69 Å². The molecular formula is C15H17N5OS. The van der Waals surface area contributed by atoms with Crippen LogP contribution >= 0.6 is 11.8 Å². The highest BCUT2D eigenvalue weighted by molar-refractivity contribution is 7.98. The first-order chi connectivity index (χ1) is 10.6. The van der Waals surface area contributed by atoms with Gasteiger partial charge in [0.05, 0.1) is 17.1 Å². The normalized spacial score (nSPS) is 11.1. The molecule has 0 amide bonds. The molecule has 0 aliphatic heterocycles. The second-order valence-corrected chi connectivity index (χ2v) is 6.07. The lowest BCUT2D eigenvalue weighted by molar-refractivity contribution is 0.489. The van der Waals surface area contributed by atoms with Crippen molar-refractivity contribution in [2.24, 2.45) is 0 Å². The zero-order chi connectivity index (χ0) is 15.7. The van der Waals surface area contributed by atoms with Crippen LogP contribution in [0.15, 0.2) is 27.8 Å². The molecule has 0 saturated carbocycles. The van der Waals surface area contributed by atoms with Gasteiger partial charge in [-0.1, -0.05) is 23.9 Å². The van der Waals surface area contributed by atoms with Crippen molar-refractivity contribution in [1.29, 1.82) is 0 Å². The van der Waals surface area contributed by atoms with Crippen molar-refractivity contribution in [2.45, 2.75) is 38.6 Å². The molecule has 3 aromatic rings. The van der Waals surface area contributed by atoms with Crippen LogP contribution in [0.2, 0.25) is 0 Å². The average molecular weight is 315 g/mol. The summed E-state index contributed by atoms with van der Waals surface area (Å²) in [7, 11) is 0. The summed E-state index contributed by atoms with van der Waals surface area (Å²) in [6.07, 6.45) is 0. The molecule has 0 saturated heterocycles. The molecule has 0 bridgehead atoms. The maximum atomic E-state index is 5.59. The zero-order valence-corrected chi connectivity index (χ0v) is 13.8. The lowest BCUT2D eigenvalue weighted by Gasteiger charge is -2.09. The van der Waals surface area contributed by atoms with E-state index in [2.05, 4.69) is 40.4 Å². The average Bonchev–Trinajstić information content (AvgIpc) is 3.07. The van der Waals surface area contributed by atoms with Gasteiger partial charge < -0.3 is 4.42 Å². The first kappa shape index (κ1) is 14.8. The van der Waals surface area contributed by atoms with Gasteiger partial charge in [0.2, 0.25) is 11.0 Å². The second kappa shape index (κ2) is 5.92. The van der Waals surface area contributed by atoms with Crippen LogP contribution in [0, 0.1) is 27.7 Å². The van der Waals surface area contributed by atoms with E-state index in [9.17, 15) is 0 Å². The maximum absolute atomic E-state index is 5.59. The summed E-state index contributed by atoms with van der Waals surface area (Å²) in [6.45, 7) is 8.00. The van der Waals surface area contributed by atoms with Crippen LogP contribution in [0.5, 0.6) is 0 Å². The predicted octanol–water partition coefficient (Wildman–Crippen LogP) is 3.18. The number of aryl methyl sites for hydroxylation is 3.